The number of hydrazone groups is 1. The van der Waals surface area contributed by atoms with Gasteiger partial charge in [-0.25, -0.2) is 0 Å². The highest BCUT2D eigenvalue weighted by Gasteiger charge is 2.59. The first kappa shape index (κ1) is 10.0. The smallest absolute Gasteiger partial charge is 0.0447 e. The van der Waals surface area contributed by atoms with E-state index in [1.165, 1.54) is 25.0 Å². The van der Waals surface area contributed by atoms with Crippen LogP contribution in [0.5, 0.6) is 0 Å². The molecule has 80 valence electrons. The van der Waals surface area contributed by atoms with E-state index < -0.39 is 0 Å². The predicted octanol–water partition coefficient (Wildman–Crippen LogP) is 2.75. The Labute approximate surface area is 87.4 Å². The summed E-state index contributed by atoms with van der Waals surface area (Å²) in [5, 5.41) is 6.63. The van der Waals surface area contributed by atoms with Crippen LogP contribution in [-0.2, 0) is 0 Å². The van der Waals surface area contributed by atoms with Crippen molar-refractivity contribution in [1.82, 2.24) is 5.01 Å². The lowest BCUT2D eigenvalue weighted by molar-refractivity contribution is 0.192. The first-order valence-corrected chi connectivity index (χ1v) is 5.63. The molecule has 2 nitrogen and oxygen atoms in total. The Morgan fingerprint density at radius 2 is 1.93 bits per heavy atom. The Morgan fingerprint density at radius 1 is 1.29 bits per heavy atom. The van der Waals surface area contributed by atoms with Crippen molar-refractivity contribution >= 4 is 5.71 Å². The zero-order valence-electron chi connectivity index (χ0n) is 10.1. The van der Waals surface area contributed by atoms with Crippen molar-refractivity contribution < 1.29 is 0 Å². The minimum atomic E-state index is 0.363. The monoisotopic (exact) mass is 194 g/mol. The van der Waals surface area contributed by atoms with Gasteiger partial charge in [-0.3, -0.25) is 0 Å². The maximum Gasteiger partial charge on any atom is 0.0447 e. The van der Waals surface area contributed by atoms with Crippen molar-refractivity contribution in [2.45, 2.75) is 40.0 Å². The number of nitrogens with zero attached hydrogens (tertiary/aromatic N) is 2. The molecule has 0 saturated heterocycles. The second kappa shape index (κ2) is 2.74. The molecule has 2 rings (SSSR count). The van der Waals surface area contributed by atoms with E-state index in [2.05, 4.69) is 25.9 Å². The number of fused-ring (bicyclic) bond motifs is 2. The third-order valence-corrected chi connectivity index (χ3v) is 4.83. The van der Waals surface area contributed by atoms with Gasteiger partial charge in [-0.15, -0.1) is 0 Å². The highest BCUT2D eigenvalue weighted by atomic mass is 15.4. The van der Waals surface area contributed by atoms with E-state index in [9.17, 15) is 0 Å². The van der Waals surface area contributed by atoms with E-state index in [0.717, 1.165) is 5.92 Å². The summed E-state index contributed by atoms with van der Waals surface area (Å²) in [6.07, 6.45) is 3.95. The van der Waals surface area contributed by atoms with Crippen molar-refractivity contribution in [2.75, 3.05) is 14.1 Å². The van der Waals surface area contributed by atoms with E-state index >= 15 is 0 Å². The first-order chi connectivity index (χ1) is 6.38. The summed E-state index contributed by atoms with van der Waals surface area (Å²) in [7, 11) is 4.05. The quantitative estimate of drug-likeness (QED) is 0.586. The lowest BCUT2D eigenvalue weighted by Gasteiger charge is -2.34. The molecule has 2 saturated carbocycles. The molecule has 0 aromatic carbocycles. The zero-order valence-corrected chi connectivity index (χ0v) is 10.1. The summed E-state index contributed by atoms with van der Waals surface area (Å²) >= 11 is 0. The van der Waals surface area contributed by atoms with Crippen molar-refractivity contribution in [3.8, 4) is 0 Å². The SMILES string of the molecule is CN(C)N=C1CC2CCC1(C)C2(C)C. The third kappa shape index (κ3) is 1.06. The molecule has 0 aromatic rings. The van der Waals surface area contributed by atoms with E-state index in [-0.39, 0.29) is 0 Å². The molecule has 2 bridgehead atoms. The molecule has 2 unspecified atom stereocenters. The average Bonchev–Trinajstić information content (AvgIpc) is 2.35. The second-order valence-electron chi connectivity index (χ2n) is 5.89. The lowest BCUT2D eigenvalue weighted by atomic mass is 9.70. The molecule has 14 heavy (non-hydrogen) atoms. The van der Waals surface area contributed by atoms with Gasteiger partial charge in [0.05, 0.1) is 0 Å². The van der Waals surface area contributed by atoms with Gasteiger partial charge in [0.2, 0.25) is 0 Å². The average molecular weight is 194 g/mol. The van der Waals surface area contributed by atoms with Crippen LogP contribution in [0.1, 0.15) is 40.0 Å². The van der Waals surface area contributed by atoms with Gasteiger partial charge in [0.15, 0.2) is 0 Å². The van der Waals surface area contributed by atoms with Crippen molar-refractivity contribution in [2.24, 2.45) is 21.8 Å². The van der Waals surface area contributed by atoms with E-state index in [4.69, 9.17) is 0 Å². The number of hydrogen-bond acceptors (Lipinski definition) is 2. The molecular weight excluding hydrogens is 172 g/mol. The topological polar surface area (TPSA) is 15.6 Å². The van der Waals surface area contributed by atoms with Crippen LogP contribution in [0.2, 0.25) is 0 Å². The summed E-state index contributed by atoms with van der Waals surface area (Å²) < 4.78 is 0. The molecule has 0 aromatic heterocycles. The number of hydrogen-bond donors (Lipinski definition) is 0. The van der Waals surface area contributed by atoms with Gasteiger partial charge in [0, 0.05) is 25.2 Å². The molecule has 2 fully saturated rings. The fourth-order valence-corrected chi connectivity index (χ4v) is 3.32. The van der Waals surface area contributed by atoms with Gasteiger partial charge >= 0.3 is 0 Å². The van der Waals surface area contributed by atoms with Gasteiger partial charge in [-0.1, -0.05) is 20.8 Å². The molecule has 0 spiro atoms. The van der Waals surface area contributed by atoms with Crippen LogP contribution in [0, 0.1) is 16.7 Å². The summed E-state index contributed by atoms with van der Waals surface area (Å²) in [6, 6.07) is 0. The summed E-state index contributed by atoms with van der Waals surface area (Å²) in [5.41, 5.74) is 2.26. The Hall–Kier alpha value is -0.530. The normalized spacial score (nSPS) is 42.1. The number of rotatable bonds is 1. The minimum Gasteiger partial charge on any atom is -0.303 e. The highest BCUT2D eigenvalue weighted by molar-refractivity contribution is 5.94. The molecule has 0 radical (unpaired) electrons. The minimum absolute atomic E-state index is 0.363. The van der Waals surface area contributed by atoms with Crippen molar-refractivity contribution in [1.29, 1.82) is 0 Å². The lowest BCUT2D eigenvalue weighted by Crippen LogP contribution is -2.33. The largest absolute Gasteiger partial charge is 0.303 e. The molecule has 0 amide bonds. The summed E-state index contributed by atoms with van der Waals surface area (Å²) in [5.74, 6) is 0.867. The molecule has 0 N–H and O–H groups in total. The van der Waals surface area contributed by atoms with E-state index in [1.807, 2.05) is 19.1 Å². The van der Waals surface area contributed by atoms with Gasteiger partial charge in [-0.2, -0.15) is 5.10 Å². The Kier molecular flexibility index (Phi) is 1.96. The van der Waals surface area contributed by atoms with Crippen LogP contribution in [0.15, 0.2) is 5.10 Å². The van der Waals surface area contributed by atoms with Gasteiger partial charge in [0.1, 0.15) is 0 Å². The maximum atomic E-state index is 4.68. The molecular formula is C12H22N2. The van der Waals surface area contributed by atoms with Gasteiger partial charge in [-0.05, 0) is 30.6 Å². The van der Waals surface area contributed by atoms with Crippen molar-refractivity contribution in [3.63, 3.8) is 0 Å². The maximum absolute atomic E-state index is 4.68. The van der Waals surface area contributed by atoms with E-state index in [1.54, 1.807) is 0 Å². The third-order valence-electron chi connectivity index (χ3n) is 4.83. The molecule has 0 heterocycles. The van der Waals surface area contributed by atoms with Crippen LogP contribution in [0.3, 0.4) is 0 Å². The van der Waals surface area contributed by atoms with Crippen LogP contribution in [0.4, 0.5) is 0 Å². The molecule has 2 aliphatic rings. The summed E-state index contributed by atoms with van der Waals surface area (Å²) in [6.45, 7) is 7.24. The predicted molar refractivity (Wildman–Crippen MR) is 60.4 cm³/mol. The van der Waals surface area contributed by atoms with E-state index in [0.29, 0.717) is 10.8 Å². The fraction of sp³-hybridized carbons (Fsp3) is 0.917. The molecule has 2 heteroatoms. The summed E-state index contributed by atoms with van der Waals surface area (Å²) in [4.78, 5) is 0. The first-order valence-electron chi connectivity index (χ1n) is 5.63. The van der Waals surface area contributed by atoms with Crippen LogP contribution < -0.4 is 0 Å². The molecule has 0 aliphatic heterocycles. The fourth-order valence-electron chi connectivity index (χ4n) is 3.32. The van der Waals surface area contributed by atoms with Crippen LogP contribution in [-0.4, -0.2) is 24.8 Å². The highest BCUT2D eigenvalue weighted by Crippen LogP contribution is 2.63. The van der Waals surface area contributed by atoms with Gasteiger partial charge in [0.25, 0.3) is 0 Å². The molecule has 2 atom stereocenters. The second-order valence-corrected chi connectivity index (χ2v) is 5.89. The molecule has 2 aliphatic carbocycles. The van der Waals surface area contributed by atoms with Crippen LogP contribution >= 0.6 is 0 Å². The van der Waals surface area contributed by atoms with Crippen molar-refractivity contribution in [3.05, 3.63) is 0 Å². The Morgan fingerprint density at radius 3 is 2.29 bits per heavy atom. The standard InChI is InChI=1S/C12H22N2/c1-11(2)9-6-7-12(11,3)10(8-9)13-14(4)5/h9H,6-8H2,1-5H3. The Bertz CT molecular complexity index is 278. The Balaban J connectivity index is 2.36. The zero-order chi connectivity index (χ0) is 10.6. The van der Waals surface area contributed by atoms with Crippen LogP contribution in [0.25, 0.3) is 0 Å². The van der Waals surface area contributed by atoms with Gasteiger partial charge < -0.3 is 5.01 Å².